The minimum Gasteiger partial charge on any atom is -0.355 e. The van der Waals surface area contributed by atoms with Crippen molar-refractivity contribution in [3.05, 3.63) is 36.4 Å². The zero-order valence-corrected chi connectivity index (χ0v) is 17.8. The lowest BCUT2D eigenvalue weighted by molar-refractivity contribution is -0.141. The van der Waals surface area contributed by atoms with E-state index >= 15 is 0 Å². The molecule has 3 aromatic rings. The van der Waals surface area contributed by atoms with Crippen LogP contribution in [0.3, 0.4) is 0 Å². The molecule has 1 spiro atoms. The van der Waals surface area contributed by atoms with E-state index in [0.29, 0.717) is 55.9 Å². The molecule has 0 N–H and O–H groups in total. The fourth-order valence-electron chi connectivity index (χ4n) is 4.66. The predicted molar refractivity (Wildman–Crippen MR) is 111 cm³/mol. The lowest BCUT2D eigenvalue weighted by Crippen LogP contribution is -2.45. The van der Waals surface area contributed by atoms with E-state index in [2.05, 4.69) is 20.1 Å². The predicted octanol–water partition coefficient (Wildman–Crippen LogP) is 3.53. The van der Waals surface area contributed by atoms with Crippen molar-refractivity contribution in [1.29, 1.82) is 0 Å². The van der Waals surface area contributed by atoms with Crippen LogP contribution in [0.25, 0.3) is 11.2 Å². The maximum Gasteiger partial charge on any atom is 0.433 e. The molecule has 2 fully saturated rings. The molecule has 0 saturated carbocycles. The number of anilines is 2. The second-order valence-corrected chi connectivity index (χ2v) is 8.53. The van der Waals surface area contributed by atoms with Gasteiger partial charge in [-0.05, 0) is 31.4 Å². The van der Waals surface area contributed by atoms with Crippen LogP contribution in [0.1, 0.15) is 25.0 Å². The molecule has 2 aliphatic rings. The number of amides is 1. The summed E-state index contributed by atoms with van der Waals surface area (Å²) in [6.07, 6.45) is -1.41. The summed E-state index contributed by atoms with van der Waals surface area (Å²) in [5.41, 5.74) is -0.561. The molecule has 0 aliphatic carbocycles. The first-order chi connectivity index (χ1) is 16.2. The highest BCUT2D eigenvalue weighted by Crippen LogP contribution is 2.43. The molecule has 2 saturated heterocycles. The summed E-state index contributed by atoms with van der Waals surface area (Å²) in [6, 6.07) is 2.15. The second kappa shape index (κ2) is 8.13. The topological polar surface area (TPSA) is 80.0 Å². The molecule has 0 atom stereocenters. The van der Waals surface area contributed by atoms with Crippen LogP contribution in [0.2, 0.25) is 0 Å². The van der Waals surface area contributed by atoms with Gasteiger partial charge < -0.3 is 9.80 Å². The van der Waals surface area contributed by atoms with Gasteiger partial charge in [-0.3, -0.25) is 4.79 Å². The smallest absolute Gasteiger partial charge is 0.355 e. The molecular weight excluding hydrogens is 461 g/mol. The Morgan fingerprint density at radius 1 is 1.00 bits per heavy atom. The van der Waals surface area contributed by atoms with Gasteiger partial charge in [0.25, 0.3) is 6.43 Å². The first-order valence-electron chi connectivity index (χ1n) is 10.7. The number of pyridine rings is 1. The van der Waals surface area contributed by atoms with Gasteiger partial charge in [0.2, 0.25) is 5.91 Å². The summed E-state index contributed by atoms with van der Waals surface area (Å²) in [7, 11) is 0. The molecule has 34 heavy (non-hydrogen) atoms. The van der Waals surface area contributed by atoms with Crippen LogP contribution < -0.4 is 9.80 Å². The Morgan fingerprint density at radius 3 is 2.38 bits per heavy atom. The van der Waals surface area contributed by atoms with Crippen molar-refractivity contribution in [1.82, 2.24) is 24.7 Å². The average Bonchev–Trinajstić information content (AvgIpc) is 3.34. The number of carbonyl (C=O) groups excluding carboxylic acids is 1. The van der Waals surface area contributed by atoms with E-state index in [-0.39, 0.29) is 11.6 Å². The van der Waals surface area contributed by atoms with Gasteiger partial charge in [-0.1, -0.05) is 0 Å². The zero-order valence-electron chi connectivity index (χ0n) is 17.8. The van der Waals surface area contributed by atoms with E-state index < -0.39 is 30.3 Å². The Balaban J connectivity index is 1.29. The van der Waals surface area contributed by atoms with E-state index in [4.69, 9.17) is 0 Å². The molecule has 0 radical (unpaired) electrons. The van der Waals surface area contributed by atoms with Crippen LogP contribution in [0.15, 0.2) is 30.7 Å². The molecule has 3 aromatic heterocycles. The van der Waals surface area contributed by atoms with Gasteiger partial charge in [0, 0.05) is 19.6 Å². The highest BCUT2D eigenvalue weighted by atomic mass is 19.4. The molecule has 0 unspecified atom stereocenters. The van der Waals surface area contributed by atoms with Crippen molar-refractivity contribution < 1.29 is 26.7 Å². The van der Waals surface area contributed by atoms with Crippen molar-refractivity contribution in [3.63, 3.8) is 0 Å². The number of rotatable bonds is 4. The minimum absolute atomic E-state index is 0.120. The average molecular weight is 481 g/mol. The third kappa shape index (κ3) is 3.92. The standard InChI is InChI=1S/C21H20F5N7O/c22-16(23)12-33-18-14(10-29-33)27-11-17(30-18)31-6-3-20(4-7-31)5-8-32(19(20)34)13-1-2-15(28-9-13)21(24,25)26/h1-2,9-11,16H,3-8,12H2. The molecule has 0 aromatic carbocycles. The van der Waals surface area contributed by atoms with E-state index in [1.54, 1.807) is 6.20 Å². The van der Waals surface area contributed by atoms with Crippen molar-refractivity contribution in [2.75, 3.05) is 29.4 Å². The third-order valence-corrected chi connectivity index (χ3v) is 6.55. The third-order valence-electron chi connectivity index (χ3n) is 6.55. The molecule has 1 amide bonds. The normalized spacial score (nSPS) is 18.6. The number of alkyl halides is 5. The maximum absolute atomic E-state index is 13.2. The number of nitrogens with zero attached hydrogens (tertiary/aromatic N) is 7. The van der Waals surface area contributed by atoms with E-state index in [9.17, 15) is 26.7 Å². The van der Waals surface area contributed by atoms with Gasteiger partial charge in [0.1, 0.15) is 23.6 Å². The second-order valence-electron chi connectivity index (χ2n) is 8.53. The Morgan fingerprint density at radius 2 is 1.74 bits per heavy atom. The molecule has 5 rings (SSSR count). The van der Waals surface area contributed by atoms with E-state index in [1.807, 2.05) is 4.90 Å². The maximum atomic E-state index is 13.2. The molecule has 13 heteroatoms. The van der Waals surface area contributed by atoms with E-state index in [1.165, 1.54) is 17.2 Å². The number of aromatic nitrogens is 5. The van der Waals surface area contributed by atoms with Crippen molar-refractivity contribution >= 4 is 28.6 Å². The molecule has 5 heterocycles. The van der Waals surface area contributed by atoms with Crippen LogP contribution in [0.4, 0.5) is 33.5 Å². The van der Waals surface area contributed by atoms with Crippen LogP contribution in [0, 0.1) is 5.41 Å². The van der Waals surface area contributed by atoms with Gasteiger partial charge in [-0.25, -0.2) is 28.4 Å². The van der Waals surface area contributed by atoms with Crippen molar-refractivity contribution in [2.45, 2.75) is 38.4 Å². The summed E-state index contributed by atoms with van der Waals surface area (Å²) >= 11 is 0. The fraction of sp³-hybridized carbons (Fsp3) is 0.476. The van der Waals surface area contributed by atoms with Crippen LogP contribution in [-0.4, -0.2) is 56.7 Å². The Hall–Kier alpha value is -3.38. The minimum atomic E-state index is -4.54. The van der Waals surface area contributed by atoms with Gasteiger partial charge >= 0.3 is 6.18 Å². The summed E-state index contributed by atoms with van der Waals surface area (Å²) in [4.78, 5) is 28.9. The largest absolute Gasteiger partial charge is 0.433 e. The zero-order chi connectivity index (χ0) is 24.1. The molecular formula is C21H20F5N7O. The SMILES string of the molecule is O=C1N(c2ccc(C(F)(F)F)nc2)CCC12CCN(c1cnc3cnn(CC(F)F)c3n1)CC2. The lowest BCUT2D eigenvalue weighted by Gasteiger charge is -2.38. The fourth-order valence-corrected chi connectivity index (χ4v) is 4.66. The molecule has 0 bridgehead atoms. The number of carbonyl (C=O) groups is 1. The number of piperidine rings is 1. The highest BCUT2D eigenvalue weighted by molar-refractivity contribution is 6.00. The van der Waals surface area contributed by atoms with Gasteiger partial charge in [0.05, 0.1) is 29.7 Å². The van der Waals surface area contributed by atoms with Crippen LogP contribution >= 0.6 is 0 Å². The number of hydrogen-bond acceptors (Lipinski definition) is 6. The molecule has 180 valence electrons. The summed E-state index contributed by atoms with van der Waals surface area (Å²) in [5, 5.41) is 3.92. The molecule has 2 aliphatic heterocycles. The Bertz CT molecular complexity index is 1200. The highest BCUT2D eigenvalue weighted by Gasteiger charge is 2.49. The van der Waals surface area contributed by atoms with Gasteiger partial charge in [-0.15, -0.1) is 0 Å². The first-order valence-corrected chi connectivity index (χ1v) is 10.7. The van der Waals surface area contributed by atoms with Crippen LogP contribution in [0.5, 0.6) is 0 Å². The Kier molecular flexibility index (Phi) is 5.36. The monoisotopic (exact) mass is 481 g/mol. The summed E-state index contributed by atoms with van der Waals surface area (Å²) in [5.74, 6) is 0.401. The van der Waals surface area contributed by atoms with Gasteiger partial charge in [-0.2, -0.15) is 18.3 Å². The number of fused-ring (bicyclic) bond motifs is 1. The van der Waals surface area contributed by atoms with Crippen molar-refractivity contribution in [3.8, 4) is 0 Å². The first kappa shape index (κ1) is 22.4. The van der Waals surface area contributed by atoms with Gasteiger partial charge in [0.15, 0.2) is 5.65 Å². The summed E-state index contributed by atoms with van der Waals surface area (Å²) in [6.45, 7) is 0.848. The van der Waals surface area contributed by atoms with Crippen molar-refractivity contribution in [2.24, 2.45) is 5.41 Å². The summed E-state index contributed by atoms with van der Waals surface area (Å²) < 4.78 is 65.1. The van der Waals surface area contributed by atoms with Crippen LogP contribution in [-0.2, 0) is 17.5 Å². The molecule has 8 nitrogen and oxygen atoms in total. The quantitative estimate of drug-likeness (QED) is 0.531. The lowest BCUT2D eigenvalue weighted by atomic mass is 9.77. The number of hydrogen-bond donors (Lipinski definition) is 0. The Labute approximate surface area is 190 Å². The van der Waals surface area contributed by atoms with E-state index in [0.717, 1.165) is 16.9 Å². The number of halogens is 5.